The van der Waals surface area contributed by atoms with E-state index in [1.165, 1.54) is 12.8 Å². The molecular formula is C13H23ClN6. The summed E-state index contributed by atoms with van der Waals surface area (Å²) in [5, 5.41) is 3.50. The summed E-state index contributed by atoms with van der Waals surface area (Å²) in [6, 6.07) is 0. The zero-order valence-electron chi connectivity index (χ0n) is 12.6. The van der Waals surface area contributed by atoms with Crippen molar-refractivity contribution in [2.45, 2.75) is 32.2 Å². The first-order chi connectivity index (χ1) is 9.38. The van der Waals surface area contributed by atoms with E-state index >= 15 is 0 Å². The zero-order valence-corrected chi connectivity index (χ0v) is 13.4. The molecule has 1 aromatic heterocycles. The molecule has 112 valence electrons. The highest BCUT2D eigenvalue weighted by Gasteiger charge is 2.21. The number of likely N-dealkylation sites (N-methyl/N-ethyl adjacent to an activating group) is 1. The number of aromatic nitrogens is 3. The highest BCUT2D eigenvalue weighted by atomic mass is 35.5. The number of nitrogens with zero attached hydrogens (tertiary/aromatic N) is 5. The van der Waals surface area contributed by atoms with E-state index in [1.54, 1.807) is 0 Å². The lowest BCUT2D eigenvalue weighted by molar-refractivity contribution is 0.209. The Hall–Kier alpha value is -1.14. The molecule has 7 heteroatoms. The van der Waals surface area contributed by atoms with Gasteiger partial charge < -0.3 is 15.1 Å². The minimum atomic E-state index is 0.00686. The topological polar surface area (TPSA) is 57.2 Å². The molecule has 0 saturated carbocycles. The Bertz CT molecular complexity index is 456. The summed E-state index contributed by atoms with van der Waals surface area (Å²) in [5.41, 5.74) is 0.00686. The molecule has 0 amide bonds. The maximum absolute atomic E-state index is 6.00. The largest absolute Gasteiger partial charge is 0.352 e. The molecule has 0 aliphatic carbocycles. The third-order valence-corrected chi connectivity index (χ3v) is 4.04. The predicted octanol–water partition coefficient (Wildman–Crippen LogP) is 1.88. The summed E-state index contributed by atoms with van der Waals surface area (Å²) in [7, 11) is 4.11. The summed E-state index contributed by atoms with van der Waals surface area (Å²) in [5.74, 6) is 1.22. The zero-order chi connectivity index (χ0) is 14.8. The molecule has 0 aromatic carbocycles. The number of anilines is 2. The normalized spacial score (nSPS) is 16.0. The molecule has 20 heavy (non-hydrogen) atoms. The maximum atomic E-state index is 6.00. The molecule has 0 unspecified atom stereocenters. The van der Waals surface area contributed by atoms with Gasteiger partial charge in [-0.25, -0.2) is 0 Å². The van der Waals surface area contributed by atoms with Gasteiger partial charge in [0.2, 0.25) is 17.2 Å². The Morgan fingerprint density at radius 3 is 2.45 bits per heavy atom. The van der Waals surface area contributed by atoms with Crippen molar-refractivity contribution >= 4 is 23.5 Å². The SMILES string of the molecule is CN(C)C(C)(C)CNc1nc(Cl)nc(N2CCCC2)n1. The average molecular weight is 299 g/mol. The van der Waals surface area contributed by atoms with Crippen LogP contribution in [0.5, 0.6) is 0 Å². The quantitative estimate of drug-likeness (QED) is 0.896. The van der Waals surface area contributed by atoms with E-state index in [0.717, 1.165) is 19.6 Å². The van der Waals surface area contributed by atoms with Gasteiger partial charge in [0.05, 0.1) is 0 Å². The molecule has 1 aromatic rings. The fourth-order valence-corrected chi connectivity index (χ4v) is 2.09. The van der Waals surface area contributed by atoms with E-state index < -0.39 is 0 Å². The molecule has 1 saturated heterocycles. The van der Waals surface area contributed by atoms with Crippen LogP contribution in [0.15, 0.2) is 0 Å². The highest BCUT2D eigenvalue weighted by molar-refractivity contribution is 6.28. The van der Waals surface area contributed by atoms with E-state index in [1.807, 2.05) is 0 Å². The standard InChI is InChI=1S/C13H23ClN6/c1-13(2,19(3)4)9-15-11-16-10(14)17-12(18-11)20-7-5-6-8-20/h5-9H2,1-4H3,(H,15,16,17,18). The summed E-state index contributed by atoms with van der Waals surface area (Å²) >= 11 is 6.00. The molecule has 0 radical (unpaired) electrons. The first-order valence-electron chi connectivity index (χ1n) is 6.96. The smallest absolute Gasteiger partial charge is 0.231 e. The molecule has 0 spiro atoms. The van der Waals surface area contributed by atoms with Gasteiger partial charge in [0.15, 0.2) is 0 Å². The Kier molecular flexibility index (Phi) is 4.65. The maximum Gasteiger partial charge on any atom is 0.231 e. The van der Waals surface area contributed by atoms with Crippen molar-refractivity contribution in [3.05, 3.63) is 5.28 Å². The van der Waals surface area contributed by atoms with Crippen molar-refractivity contribution in [3.63, 3.8) is 0 Å². The van der Waals surface area contributed by atoms with Gasteiger partial charge in [-0.3, -0.25) is 0 Å². The van der Waals surface area contributed by atoms with Crippen molar-refractivity contribution < 1.29 is 0 Å². The lowest BCUT2D eigenvalue weighted by Crippen LogP contribution is -2.44. The summed E-state index contributed by atoms with van der Waals surface area (Å²) in [6.07, 6.45) is 2.36. The molecule has 0 atom stereocenters. The summed E-state index contributed by atoms with van der Waals surface area (Å²) < 4.78 is 0. The van der Waals surface area contributed by atoms with Crippen molar-refractivity contribution in [1.82, 2.24) is 19.9 Å². The molecule has 2 rings (SSSR count). The number of rotatable bonds is 5. The third-order valence-electron chi connectivity index (χ3n) is 3.87. The molecule has 1 aliphatic heterocycles. The first kappa shape index (κ1) is 15.3. The molecule has 1 N–H and O–H groups in total. The molecule has 0 bridgehead atoms. The first-order valence-corrected chi connectivity index (χ1v) is 7.34. The van der Waals surface area contributed by atoms with Gasteiger partial charge in [-0.1, -0.05) is 0 Å². The van der Waals surface area contributed by atoms with Crippen LogP contribution in [-0.2, 0) is 0 Å². The second-order valence-corrected chi connectivity index (χ2v) is 6.32. The van der Waals surface area contributed by atoms with Crippen LogP contribution in [0.1, 0.15) is 26.7 Å². The molecule has 6 nitrogen and oxygen atoms in total. The number of halogens is 1. The van der Waals surface area contributed by atoms with Gasteiger partial charge in [0, 0.05) is 25.2 Å². The summed E-state index contributed by atoms with van der Waals surface area (Å²) in [4.78, 5) is 17.1. The van der Waals surface area contributed by atoms with E-state index in [9.17, 15) is 0 Å². The van der Waals surface area contributed by atoms with Crippen LogP contribution in [0.2, 0.25) is 5.28 Å². The monoisotopic (exact) mass is 298 g/mol. The predicted molar refractivity (Wildman–Crippen MR) is 82.5 cm³/mol. The van der Waals surface area contributed by atoms with Crippen LogP contribution in [0.4, 0.5) is 11.9 Å². The fourth-order valence-electron chi connectivity index (χ4n) is 1.93. The van der Waals surface area contributed by atoms with Crippen molar-refractivity contribution in [2.75, 3.05) is 43.9 Å². The molecule has 1 aliphatic rings. The minimum Gasteiger partial charge on any atom is -0.352 e. The average Bonchev–Trinajstić information content (AvgIpc) is 2.89. The lowest BCUT2D eigenvalue weighted by atomic mass is 10.1. The highest BCUT2D eigenvalue weighted by Crippen LogP contribution is 2.19. The van der Waals surface area contributed by atoms with E-state index in [4.69, 9.17) is 11.6 Å². The van der Waals surface area contributed by atoms with Gasteiger partial charge in [0.25, 0.3) is 0 Å². The van der Waals surface area contributed by atoms with Gasteiger partial charge in [-0.05, 0) is 52.4 Å². The van der Waals surface area contributed by atoms with Crippen LogP contribution < -0.4 is 10.2 Å². The Balaban J connectivity index is 2.08. The van der Waals surface area contributed by atoms with Gasteiger partial charge in [-0.15, -0.1) is 0 Å². The van der Waals surface area contributed by atoms with E-state index in [-0.39, 0.29) is 10.8 Å². The van der Waals surface area contributed by atoms with Gasteiger partial charge in [-0.2, -0.15) is 15.0 Å². The number of hydrogen-bond acceptors (Lipinski definition) is 6. The molecular weight excluding hydrogens is 276 g/mol. The fraction of sp³-hybridized carbons (Fsp3) is 0.769. The Morgan fingerprint density at radius 1 is 1.20 bits per heavy atom. The Morgan fingerprint density at radius 2 is 1.85 bits per heavy atom. The molecule has 1 fully saturated rings. The second kappa shape index (κ2) is 6.10. The van der Waals surface area contributed by atoms with Crippen LogP contribution in [-0.4, -0.2) is 59.1 Å². The van der Waals surface area contributed by atoms with Crippen LogP contribution in [0, 0.1) is 0 Å². The van der Waals surface area contributed by atoms with E-state index in [2.05, 4.69) is 58.0 Å². The third kappa shape index (κ3) is 3.70. The van der Waals surface area contributed by atoms with Gasteiger partial charge >= 0.3 is 0 Å². The van der Waals surface area contributed by atoms with Crippen molar-refractivity contribution in [3.8, 4) is 0 Å². The van der Waals surface area contributed by atoms with Crippen molar-refractivity contribution in [2.24, 2.45) is 0 Å². The summed E-state index contributed by atoms with van der Waals surface area (Å²) in [6.45, 7) is 7.03. The van der Waals surface area contributed by atoms with Crippen LogP contribution >= 0.6 is 11.6 Å². The Labute approximate surface area is 125 Å². The van der Waals surface area contributed by atoms with Crippen LogP contribution in [0.25, 0.3) is 0 Å². The van der Waals surface area contributed by atoms with Crippen molar-refractivity contribution in [1.29, 1.82) is 0 Å². The second-order valence-electron chi connectivity index (χ2n) is 5.98. The molecule has 2 heterocycles. The number of hydrogen-bond donors (Lipinski definition) is 1. The van der Waals surface area contributed by atoms with Gasteiger partial charge in [0.1, 0.15) is 0 Å². The lowest BCUT2D eigenvalue weighted by Gasteiger charge is -2.32. The minimum absolute atomic E-state index is 0.00686. The number of nitrogens with one attached hydrogen (secondary N) is 1. The van der Waals surface area contributed by atoms with Crippen LogP contribution in [0.3, 0.4) is 0 Å². The van der Waals surface area contributed by atoms with E-state index in [0.29, 0.717) is 11.9 Å².